The lowest BCUT2D eigenvalue weighted by Crippen LogP contribution is -2.16. The van der Waals surface area contributed by atoms with Gasteiger partial charge in [-0.05, 0) is 10.3 Å². The molecule has 88 valence electrons. The normalized spacial score (nSPS) is 13.3. The van der Waals surface area contributed by atoms with Crippen molar-refractivity contribution in [2.45, 2.75) is 51.9 Å². The molecule has 0 fully saturated rings. The molecule has 0 unspecified atom stereocenters. The number of halogens is 4. The molecule has 0 atom stereocenters. The summed E-state index contributed by atoms with van der Waals surface area (Å²) in [6, 6.07) is 0. The number of rotatable bonds is 0. The van der Waals surface area contributed by atoms with Crippen LogP contribution in [0, 0.1) is 0 Å². The van der Waals surface area contributed by atoms with E-state index in [1.807, 2.05) is 0 Å². The van der Waals surface area contributed by atoms with Crippen molar-refractivity contribution in [3.05, 3.63) is 0 Å². The van der Waals surface area contributed by atoms with Crippen molar-refractivity contribution in [3.63, 3.8) is 0 Å². The predicted molar refractivity (Wildman–Crippen MR) is 58.0 cm³/mol. The van der Waals surface area contributed by atoms with Gasteiger partial charge in [0.15, 0.2) is 0 Å². The van der Waals surface area contributed by atoms with Gasteiger partial charge < -0.3 is 17.3 Å². The maximum atomic E-state index is 9.75. The van der Waals surface area contributed by atoms with E-state index in [0.29, 0.717) is 10.3 Å². The molecular weight excluding hydrogens is 214 g/mol. The fourth-order valence-electron chi connectivity index (χ4n) is 1.12. The molecule has 0 spiro atoms. The summed E-state index contributed by atoms with van der Waals surface area (Å²) in [6.07, 6.45) is 0. The van der Waals surface area contributed by atoms with Crippen molar-refractivity contribution in [2.75, 3.05) is 0 Å². The first kappa shape index (κ1) is 16.6. The standard InChI is InChI=1S/C8H19P.BF4/c1-7(2,3)9-8(4,5)6;2-1(3,4)5/h9H,1-6H3;/q;-1. The lowest BCUT2D eigenvalue weighted by Gasteiger charge is -2.28. The Balaban J connectivity index is 0. The van der Waals surface area contributed by atoms with Gasteiger partial charge in [0.1, 0.15) is 0 Å². The van der Waals surface area contributed by atoms with Crippen LogP contribution < -0.4 is 0 Å². The van der Waals surface area contributed by atoms with Crippen molar-refractivity contribution in [3.8, 4) is 0 Å². The Morgan fingerprint density at radius 3 is 0.857 bits per heavy atom. The van der Waals surface area contributed by atoms with E-state index in [4.69, 9.17) is 0 Å². The van der Waals surface area contributed by atoms with Crippen molar-refractivity contribution in [1.82, 2.24) is 0 Å². The van der Waals surface area contributed by atoms with Crippen LogP contribution in [-0.4, -0.2) is 17.6 Å². The monoisotopic (exact) mass is 233 g/mol. The van der Waals surface area contributed by atoms with Gasteiger partial charge >= 0.3 is 7.25 Å². The Labute approximate surface area is 85.7 Å². The van der Waals surface area contributed by atoms with Gasteiger partial charge in [0.05, 0.1) is 0 Å². The summed E-state index contributed by atoms with van der Waals surface area (Å²) in [4.78, 5) is 0. The van der Waals surface area contributed by atoms with Crippen LogP contribution in [0.3, 0.4) is 0 Å². The predicted octanol–water partition coefficient (Wildman–Crippen LogP) is 4.56. The Kier molecular flexibility index (Phi) is 6.35. The van der Waals surface area contributed by atoms with Crippen LogP contribution in [0.4, 0.5) is 17.3 Å². The topological polar surface area (TPSA) is 0 Å². The fourth-order valence-corrected chi connectivity index (χ4v) is 3.38. The summed E-state index contributed by atoms with van der Waals surface area (Å²) in [5, 5.41) is 1.02. The lowest BCUT2D eigenvalue weighted by atomic mass is 10.2. The van der Waals surface area contributed by atoms with E-state index in [1.165, 1.54) is 0 Å². The van der Waals surface area contributed by atoms with E-state index in [2.05, 4.69) is 41.5 Å². The van der Waals surface area contributed by atoms with Crippen molar-refractivity contribution < 1.29 is 17.3 Å². The zero-order chi connectivity index (χ0) is 12.2. The van der Waals surface area contributed by atoms with E-state index in [9.17, 15) is 17.3 Å². The molecular formula is C8H19BF4P-. The Morgan fingerprint density at radius 1 is 0.714 bits per heavy atom. The summed E-state index contributed by atoms with van der Waals surface area (Å²) in [7, 11) is -4.95. The zero-order valence-electron chi connectivity index (χ0n) is 9.59. The molecule has 0 aliphatic rings. The Hall–Kier alpha value is 0.215. The maximum Gasteiger partial charge on any atom is 0.673 e. The largest absolute Gasteiger partial charge is 0.673 e. The molecule has 0 aromatic carbocycles. The van der Waals surface area contributed by atoms with Gasteiger partial charge in [-0.15, -0.1) is 8.58 Å². The smallest absolute Gasteiger partial charge is 0.418 e. The van der Waals surface area contributed by atoms with Gasteiger partial charge in [0, 0.05) is 0 Å². The van der Waals surface area contributed by atoms with E-state index in [-0.39, 0.29) is 0 Å². The molecule has 14 heavy (non-hydrogen) atoms. The number of hydrogen-bond donors (Lipinski definition) is 0. The highest BCUT2D eigenvalue weighted by atomic mass is 31.1. The summed E-state index contributed by atoms with van der Waals surface area (Å²) in [6.45, 7) is 13.8. The van der Waals surface area contributed by atoms with Crippen LogP contribution in [0.5, 0.6) is 0 Å². The molecule has 0 radical (unpaired) electrons. The lowest BCUT2D eigenvalue weighted by molar-refractivity contribution is 0.368. The Morgan fingerprint density at radius 2 is 0.857 bits per heavy atom. The van der Waals surface area contributed by atoms with E-state index in [1.54, 1.807) is 0 Å². The molecule has 0 bridgehead atoms. The molecule has 0 N–H and O–H groups in total. The average Bonchev–Trinajstić information content (AvgIpc) is 1.42. The summed E-state index contributed by atoms with van der Waals surface area (Å²) in [5.41, 5.74) is 0. The molecule has 0 aromatic heterocycles. The van der Waals surface area contributed by atoms with Crippen LogP contribution in [0.15, 0.2) is 0 Å². The zero-order valence-corrected chi connectivity index (χ0v) is 10.6. The van der Waals surface area contributed by atoms with Gasteiger partial charge in [-0.2, -0.15) is 0 Å². The van der Waals surface area contributed by atoms with Gasteiger partial charge in [-0.1, -0.05) is 41.5 Å². The molecule has 0 heterocycles. The van der Waals surface area contributed by atoms with Crippen molar-refractivity contribution in [1.29, 1.82) is 0 Å². The van der Waals surface area contributed by atoms with Crippen molar-refractivity contribution in [2.24, 2.45) is 0 Å². The second kappa shape index (κ2) is 5.34. The SMILES string of the molecule is CC(C)(C)PC(C)(C)C.F[B-](F)(F)F. The van der Waals surface area contributed by atoms with Gasteiger partial charge in [0.25, 0.3) is 0 Å². The minimum atomic E-state index is -6.00. The minimum Gasteiger partial charge on any atom is -0.418 e. The molecule has 0 saturated carbocycles. The molecule has 0 aliphatic carbocycles. The first-order chi connectivity index (χ1) is 5.71. The van der Waals surface area contributed by atoms with Crippen LogP contribution in [0.2, 0.25) is 0 Å². The second-order valence-electron chi connectivity index (χ2n) is 5.12. The van der Waals surface area contributed by atoms with Gasteiger partial charge in [-0.25, -0.2) is 0 Å². The third kappa shape index (κ3) is 39.8. The molecule has 0 saturated heterocycles. The number of hydrogen-bond acceptors (Lipinski definition) is 0. The van der Waals surface area contributed by atoms with E-state index >= 15 is 0 Å². The van der Waals surface area contributed by atoms with Crippen LogP contribution in [0.25, 0.3) is 0 Å². The third-order valence-corrected chi connectivity index (χ3v) is 2.25. The minimum absolute atomic E-state index is 0.512. The maximum absolute atomic E-state index is 9.75. The molecule has 0 rings (SSSR count). The van der Waals surface area contributed by atoms with Crippen LogP contribution in [0.1, 0.15) is 41.5 Å². The van der Waals surface area contributed by atoms with Crippen molar-refractivity contribution >= 4 is 15.8 Å². The molecule has 0 nitrogen and oxygen atoms in total. The van der Waals surface area contributed by atoms with Gasteiger partial charge in [0.2, 0.25) is 0 Å². The highest BCUT2D eigenvalue weighted by Crippen LogP contribution is 2.41. The molecule has 0 aliphatic heterocycles. The quantitative estimate of drug-likeness (QED) is 0.326. The highest BCUT2D eigenvalue weighted by molar-refractivity contribution is 7.41. The average molecular weight is 233 g/mol. The Bertz CT molecular complexity index is 136. The highest BCUT2D eigenvalue weighted by Gasteiger charge is 2.20. The van der Waals surface area contributed by atoms with Gasteiger partial charge in [-0.3, -0.25) is 0 Å². The van der Waals surface area contributed by atoms with Crippen LogP contribution >= 0.6 is 8.58 Å². The van der Waals surface area contributed by atoms with E-state index < -0.39 is 7.25 Å². The summed E-state index contributed by atoms with van der Waals surface area (Å²) in [5.74, 6) is 0. The molecule has 6 heteroatoms. The van der Waals surface area contributed by atoms with Crippen LogP contribution in [-0.2, 0) is 0 Å². The summed E-state index contributed by atoms with van der Waals surface area (Å²) < 4.78 is 39.0. The molecule has 0 amide bonds. The fraction of sp³-hybridized carbons (Fsp3) is 1.00. The molecule has 0 aromatic rings. The first-order valence-electron chi connectivity index (χ1n) is 4.37. The summed E-state index contributed by atoms with van der Waals surface area (Å²) >= 11 is 0. The second-order valence-corrected chi connectivity index (χ2v) is 8.37. The first-order valence-corrected chi connectivity index (χ1v) is 5.37. The third-order valence-electron chi connectivity index (χ3n) is 0.750. The van der Waals surface area contributed by atoms with E-state index in [0.717, 1.165) is 8.58 Å².